The van der Waals surface area contributed by atoms with Gasteiger partial charge in [0, 0.05) is 41.1 Å². The fraction of sp³-hybridized carbons (Fsp3) is 0.214. The van der Waals surface area contributed by atoms with E-state index < -0.39 is 0 Å². The molecule has 5 aromatic rings. The predicted molar refractivity (Wildman–Crippen MR) is 148 cm³/mol. The molecule has 0 radical (unpaired) electrons. The van der Waals surface area contributed by atoms with E-state index >= 15 is 0 Å². The Hall–Kier alpha value is -4.90. The first-order valence-corrected chi connectivity index (χ1v) is 12.7. The lowest BCUT2D eigenvalue weighted by Gasteiger charge is -2.14. The Morgan fingerprint density at radius 1 is 1.08 bits per heavy atom. The van der Waals surface area contributed by atoms with Crippen LogP contribution >= 0.6 is 0 Å². The maximum Gasteiger partial charge on any atom is 0.255 e. The Bertz CT molecular complexity index is 1700. The summed E-state index contributed by atoms with van der Waals surface area (Å²) in [7, 11) is 2.08. The molecule has 3 aromatic heterocycles. The summed E-state index contributed by atoms with van der Waals surface area (Å²) in [5.74, 6) is 2.04. The molecule has 0 saturated carbocycles. The van der Waals surface area contributed by atoms with E-state index in [-0.39, 0.29) is 5.91 Å². The van der Waals surface area contributed by atoms with Gasteiger partial charge in [-0.1, -0.05) is 6.08 Å². The van der Waals surface area contributed by atoms with Crippen LogP contribution < -0.4 is 15.4 Å². The van der Waals surface area contributed by atoms with E-state index in [9.17, 15) is 4.79 Å². The molecule has 1 fully saturated rings. The molecule has 2 aromatic carbocycles. The van der Waals surface area contributed by atoms with Gasteiger partial charge in [0.05, 0.1) is 5.52 Å². The summed E-state index contributed by atoms with van der Waals surface area (Å²) in [5, 5.41) is 11.2. The molecule has 0 bridgehead atoms. The van der Waals surface area contributed by atoms with Crippen LogP contribution in [0.25, 0.3) is 16.7 Å². The molecule has 11 nitrogen and oxygen atoms in total. The predicted octanol–water partition coefficient (Wildman–Crippen LogP) is 4.50. The van der Waals surface area contributed by atoms with Crippen molar-refractivity contribution in [3.8, 4) is 11.6 Å². The molecular weight excluding hydrogens is 494 g/mol. The highest BCUT2D eigenvalue weighted by atomic mass is 16.5. The Kier molecular flexibility index (Phi) is 6.55. The third-order valence-electron chi connectivity index (χ3n) is 6.72. The van der Waals surface area contributed by atoms with E-state index in [4.69, 9.17) is 4.74 Å². The Labute approximate surface area is 224 Å². The van der Waals surface area contributed by atoms with Crippen LogP contribution in [0.4, 0.5) is 17.2 Å². The lowest BCUT2D eigenvalue weighted by molar-refractivity contribution is -0.111. The number of fused-ring (bicyclic) bond motifs is 2. The second-order valence-electron chi connectivity index (χ2n) is 9.47. The molecule has 4 heterocycles. The number of aryl methyl sites for hydroxylation is 1. The number of carbonyl (C=O) groups is 1. The van der Waals surface area contributed by atoms with Crippen LogP contribution in [-0.2, 0) is 4.79 Å². The van der Waals surface area contributed by atoms with Gasteiger partial charge < -0.3 is 15.4 Å². The highest BCUT2D eigenvalue weighted by Gasteiger charge is 2.18. The number of ether oxygens (including phenoxy) is 1. The molecule has 6 rings (SSSR count). The van der Waals surface area contributed by atoms with Gasteiger partial charge in [-0.2, -0.15) is 15.1 Å². The van der Waals surface area contributed by atoms with Crippen LogP contribution in [-0.4, -0.2) is 60.0 Å². The van der Waals surface area contributed by atoms with Crippen molar-refractivity contribution in [2.75, 3.05) is 24.2 Å². The smallest absolute Gasteiger partial charge is 0.255 e. The van der Waals surface area contributed by atoms with Gasteiger partial charge in [0.2, 0.25) is 11.8 Å². The van der Waals surface area contributed by atoms with Crippen molar-refractivity contribution in [2.45, 2.75) is 25.8 Å². The number of benzene rings is 2. The summed E-state index contributed by atoms with van der Waals surface area (Å²) in [4.78, 5) is 32.1. The maximum atomic E-state index is 12.6. The zero-order valence-electron chi connectivity index (χ0n) is 21.6. The van der Waals surface area contributed by atoms with E-state index in [2.05, 4.69) is 47.6 Å². The number of amides is 1. The lowest BCUT2D eigenvalue weighted by Crippen LogP contribution is -2.23. The molecule has 1 saturated heterocycles. The quantitative estimate of drug-likeness (QED) is 0.298. The van der Waals surface area contributed by atoms with Gasteiger partial charge in [-0.3, -0.25) is 9.69 Å². The number of hydrogen-bond donors (Lipinski definition) is 2. The third-order valence-corrected chi connectivity index (χ3v) is 6.72. The molecular formula is C28H27N9O2. The van der Waals surface area contributed by atoms with Crippen molar-refractivity contribution < 1.29 is 9.53 Å². The van der Waals surface area contributed by atoms with E-state index in [0.29, 0.717) is 35.0 Å². The fourth-order valence-electron chi connectivity index (χ4n) is 4.64. The lowest BCUT2D eigenvalue weighted by atomic mass is 10.1. The van der Waals surface area contributed by atoms with Crippen molar-refractivity contribution in [1.29, 1.82) is 0 Å². The number of carbonyl (C=O) groups excluding carboxylic acids is 1. The number of nitrogens with one attached hydrogen (secondary N) is 2. The van der Waals surface area contributed by atoms with Crippen LogP contribution in [0.3, 0.4) is 0 Å². The number of rotatable bonds is 7. The molecule has 11 heteroatoms. The molecule has 2 N–H and O–H groups in total. The maximum absolute atomic E-state index is 12.6. The van der Waals surface area contributed by atoms with Crippen LogP contribution in [0.2, 0.25) is 0 Å². The van der Waals surface area contributed by atoms with Gasteiger partial charge in [0.15, 0.2) is 0 Å². The molecule has 1 aliphatic rings. The van der Waals surface area contributed by atoms with Gasteiger partial charge in [-0.25, -0.2) is 14.5 Å². The van der Waals surface area contributed by atoms with Gasteiger partial charge in [-0.15, -0.1) is 0 Å². The summed E-state index contributed by atoms with van der Waals surface area (Å²) < 4.78 is 7.55. The Balaban J connectivity index is 1.18. The van der Waals surface area contributed by atoms with Crippen molar-refractivity contribution in [1.82, 2.24) is 34.4 Å². The number of aromatic nitrogens is 6. The first-order chi connectivity index (χ1) is 19.0. The van der Waals surface area contributed by atoms with E-state index in [1.54, 1.807) is 22.9 Å². The Morgan fingerprint density at radius 2 is 1.97 bits per heavy atom. The largest absolute Gasteiger partial charge is 0.439 e. The van der Waals surface area contributed by atoms with Crippen molar-refractivity contribution in [2.24, 2.45) is 0 Å². The van der Waals surface area contributed by atoms with Gasteiger partial charge in [0.1, 0.15) is 24.2 Å². The monoisotopic (exact) mass is 521 g/mol. The molecule has 0 spiro atoms. The summed E-state index contributed by atoms with van der Waals surface area (Å²) in [6, 6.07) is 13.4. The normalized spacial score (nSPS) is 15.8. The third kappa shape index (κ3) is 5.39. The SMILES string of the molecule is Cc1cc(Nc2ncnc3ccc(NC(=O)/C=C/C4CCCN4C)cc23)ccc1Oc1ccn2ncnc2n1. The highest BCUT2D eigenvalue weighted by Crippen LogP contribution is 2.30. The summed E-state index contributed by atoms with van der Waals surface area (Å²) in [5.41, 5.74) is 3.18. The van der Waals surface area contributed by atoms with E-state index in [1.165, 1.54) is 12.7 Å². The van der Waals surface area contributed by atoms with E-state index in [1.807, 2.05) is 49.4 Å². The minimum absolute atomic E-state index is 0.162. The fourth-order valence-corrected chi connectivity index (χ4v) is 4.64. The zero-order valence-corrected chi connectivity index (χ0v) is 21.6. The second-order valence-corrected chi connectivity index (χ2v) is 9.47. The minimum Gasteiger partial charge on any atom is -0.439 e. The topological polar surface area (TPSA) is 122 Å². The average Bonchev–Trinajstić information content (AvgIpc) is 3.57. The number of anilines is 3. The average molecular weight is 522 g/mol. The minimum atomic E-state index is -0.162. The number of likely N-dealkylation sites (N-methyl/N-ethyl adjacent to an activating group) is 1. The van der Waals surface area contributed by atoms with Crippen LogP contribution in [0.1, 0.15) is 18.4 Å². The van der Waals surface area contributed by atoms with Crippen molar-refractivity contribution in [3.05, 3.63) is 79.0 Å². The van der Waals surface area contributed by atoms with E-state index in [0.717, 1.165) is 41.5 Å². The summed E-state index contributed by atoms with van der Waals surface area (Å²) >= 11 is 0. The molecule has 0 aliphatic carbocycles. The second kappa shape index (κ2) is 10.5. The summed E-state index contributed by atoms with van der Waals surface area (Å²) in [6.07, 6.45) is 10.5. The van der Waals surface area contributed by atoms with Crippen LogP contribution in [0, 0.1) is 6.92 Å². The standard InChI is InChI=1S/C28H27N9O2/c1-18-14-19(6-9-24(18)39-26-11-13-37-28(35-26)31-17-32-37)34-27-22-15-20(5-8-23(22)29-16-30-27)33-25(38)10-7-21-4-3-12-36(21)2/h5-11,13-17,21H,3-4,12H2,1-2H3,(H,33,38)(H,29,30,34)/b10-7+. The molecule has 1 unspecified atom stereocenters. The first kappa shape index (κ1) is 24.4. The molecule has 1 amide bonds. The number of hydrogen-bond acceptors (Lipinski definition) is 9. The Morgan fingerprint density at radius 3 is 2.82 bits per heavy atom. The van der Waals surface area contributed by atoms with Crippen LogP contribution in [0.15, 0.2) is 73.5 Å². The van der Waals surface area contributed by atoms with Crippen LogP contribution in [0.5, 0.6) is 11.6 Å². The molecule has 39 heavy (non-hydrogen) atoms. The molecule has 196 valence electrons. The first-order valence-electron chi connectivity index (χ1n) is 12.7. The van der Waals surface area contributed by atoms with Crippen molar-refractivity contribution >= 4 is 39.8 Å². The van der Waals surface area contributed by atoms with Gasteiger partial charge in [0.25, 0.3) is 5.78 Å². The number of likely N-dealkylation sites (tertiary alicyclic amines) is 1. The van der Waals surface area contributed by atoms with Gasteiger partial charge >= 0.3 is 0 Å². The van der Waals surface area contributed by atoms with Crippen molar-refractivity contribution in [3.63, 3.8) is 0 Å². The van der Waals surface area contributed by atoms with Gasteiger partial charge in [-0.05, 0) is 75.3 Å². The highest BCUT2D eigenvalue weighted by molar-refractivity contribution is 6.02. The number of nitrogens with zero attached hydrogens (tertiary/aromatic N) is 7. The molecule has 1 atom stereocenters. The summed E-state index contributed by atoms with van der Waals surface area (Å²) in [6.45, 7) is 3.02. The zero-order chi connectivity index (χ0) is 26.8. The molecule has 1 aliphatic heterocycles.